The lowest BCUT2D eigenvalue weighted by molar-refractivity contribution is 0.0945. The highest BCUT2D eigenvalue weighted by Crippen LogP contribution is 2.16. The van der Waals surface area contributed by atoms with E-state index >= 15 is 0 Å². The molecule has 0 atom stereocenters. The molecule has 0 radical (unpaired) electrons. The molecule has 2 N–H and O–H groups in total. The molecule has 132 valence electrons. The number of halogens is 1. The molecule has 2 aromatic carbocycles. The molecule has 0 aliphatic carbocycles. The lowest BCUT2D eigenvalue weighted by atomic mass is 10.2. The smallest absolute Gasteiger partial charge is 0.270 e. The Morgan fingerprint density at radius 1 is 1.00 bits per heavy atom. The third-order valence-corrected chi connectivity index (χ3v) is 4.01. The molecule has 1 amide bonds. The molecule has 5 nitrogen and oxygen atoms in total. The molecule has 0 spiro atoms. The normalized spacial score (nSPS) is 10.4. The number of hydrogen-bond donors (Lipinski definition) is 2. The summed E-state index contributed by atoms with van der Waals surface area (Å²) in [5.41, 5.74) is 3.37. The molecule has 1 aromatic heterocycles. The van der Waals surface area contributed by atoms with Crippen LogP contribution in [0, 0.1) is 13.8 Å². The number of anilines is 2. The second-order valence-corrected chi connectivity index (χ2v) is 6.42. The van der Waals surface area contributed by atoms with Gasteiger partial charge in [0.25, 0.3) is 5.91 Å². The first-order chi connectivity index (χ1) is 12.5. The number of benzene rings is 2. The molecule has 6 heteroatoms. The molecule has 26 heavy (non-hydrogen) atoms. The minimum absolute atomic E-state index is 0.252. The summed E-state index contributed by atoms with van der Waals surface area (Å²) in [4.78, 5) is 21.0. The largest absolute Gasteiger partial charge is 0.347 e. The number of aromatic nitrogens is 2. The highest BCUT2D eigenvalue weighted by Gasteiger charge is 2.10. The molecule has 0 bridgehead atoms. The maximum absolute atomic E-state index is 12.4. The predicted molar refractivity (Wildman–Crippen MR) is 104 cm³/mol. The second-order valence-electron chi connectivity index (χ2n) is 5.99. The standard InChI is InChI=1S/C20H19ClN4O/c1-13-3-9-17(10-4-13)25-19-11-18(23-14(2)24-19)20(26)22-12-15-5-7-16(21)8-6-15/h3-11H,12H2,1-2H3,(H,22,26)(H,23,24,25). The van der Waals surface area contributed by atoms with Gasteiger partial charge in [-0.15, -0.1) is 0 Å². The second kappa shape index (κ2) is 7.97. The predicted octanol–water partition coefficient (Wildman–Crippen LogP) is 4.42. The average Bonchev–Trinajstić information content (AvgIpc) is 2.62. The van der Waals surface area contributed by atoms with Gasteiger partial charge in [0, 0.05) is 23.3 Å². The van der Waals surface area contributed by atoms with Crippen LogP contribution in [0.3, 0.4) is 0 Å². The fraction of sp³-hybridized carbons (Fsp3) is 0.150. The molecule has 0 unspecified atom stereocenters. The van der Waals surface area contributed by atoms with E-state index in [9.17, 15) is 4.79 Å². The summed E-state index contributed by atoms with van der Waals surface area (Å²) in [6.07, 6.45) is 0. The van der Waals surface area contributed by atoms with E-state index in [1.165, 1.54) is 5.56 Å². The van der Waals surface area contributed by atoms with Crippen molar-refractivity contribution >= 4 is 29.0 Å². The lowest BCUT2D eigenvalue weighted by Crippen LogP contribution is -2.24. The van der Waals surface area contributed by atoms with Crippen molar-refractivity contribution in [3.63, 3.8) is 0 Å². The maximum Gasteiger partial charge on any atom is 0.270 e. The van der Waals surface area contributed by atoms with Gasteiger partial charge < -0.3 is 10.6 Å². The van der Waals surface area contributed by atoms with Crippen molar-refractivity contribution in [1.82, 2.24) is 15.3 Å². The van der Waals surface area contributed by atoms with E-state index in [1.54, 1.807) is 25.1 Å². The zero-order valence-electron chi connectivity index (χ0n) is 14.6. The van der Waals surface area contributed by atoms with Crippen LogP contribution >= 0.6 is 11.6 Å². The summed E-state index contributed by atoms with van der Waals surface area (Å²) in [6, 6.07) is 16.9. The van der Waals surface area contributed by atoms with Crippen LogP contribution in [0.1, 0.15) is 27.4 Å². The third-order valence-electron chi connectivity index (χ3n) is 3.76. The summed E-state index contributed by atoms with van der Waals surface area (Å²) >= 11 is 5.87. The van der Waals surface area contributed by atoms with Gasteiger partial charge in [0.2, 0.25) is 0 Å². The average molecular weight is 367 g/mol. The van der Waals surface area contributed by atoms with Crippen molar-refractivity contribution in [1.29, 1.82) is 0 Å². The fourth-order valence-corrected chi connectivity index (χ4v) is 2.53. The quantitative estimate of drug-likeness (QED) is 0.701. The maximum atomic E-state index is 12.4. The van der Waals surface area contributed by atoms with Gasteiger partial charge in [-0.25, -0.2) is 9.97 Å². The van der Waals surface area contributed by atoms with Gasteiger partial charge in [0.15, 0.2) is 0 Å². The molecule has 3 rings (SSSR count). The van der Waals surface area contributed by atoms with E-state index in [1.807, 2.05) is 43.3 Å². The van der Waals surface area contributed by atoms with Crippen LogP contribution in [-0.2, 0) is 6.54 Å². The lowest BCUT2D eigenvalue weighted by Gasteiger charge is -2.09. The van der Waals surface area contributed by atoms with Crippen molar-refractivity contribution in [2.75, 3.05) is 5.32 Å². The Balaban J connectivity index is 1.70. The Labute approximate surface area is 157 Å². The summed E-state index contributed by atoms with van der Waals surface area (Å²) in [5.74, 6) is 0.856. The Morgan fingerprint density at radius 2 is 1.69 bits per heavy atom. The van der Waals surface area contributed by atoms with E-state index in [2.05, 4.69) is 20.6 Å². The SMILES string of the molecule is Cc1ccc(Nc2cc(C(=O)NCc3ccc(Cl)cc3)nc(C)n2)cc1. The highest BCUT2D eigenvalue weighted by atomic mass is 35.5. The van der Waals surface area contributed by atoms with Gasteiger partial charge in [-0.2, -0.15) is 0 Å². The molecule has 1 heterocycles. The molecule has 0 saturated heterocycles. The Morgan fingerprint density at radius 3 is 2.38 bits per heavy atom. The Bertz CT molecular complexity index is 908. The monoisotopic (exact) mass is 366 g/mol. The van der Waals surface area contributed by atoms with Crippen molar-refractivity contribution in [2.45, 2.75) is 20.4 Å². The van der Waals surface area contributed by atoms with E-state index in [-0.39, 0.29) is 5.91 Å². The highest BCUT2D eigenvalue weighted by molar-refractivity contribution is 6.30. The number of hydrogen-bond acceptors (Lipinski definition) is 4. The minimum atomic E-state index is -0.252. The van der Waals surface area contributed by atoms with E-state index < -0.39 is 0 Å². The zero-order valence-corrected chi connectivity index (χ0v) is 15.3. The first kappa shape index (κ1) is 17.9. The first-order valence-electron chi connectivity index (χ1n) is 8.21. The van der Waals surface area contributed by atoms with Crippen LogP contribution in [0.5, 0.6) is 0 Å². The summed E-state index contributed by atoms with van der Waals surface area (Å²) < 4.78 is 0. The Kier molecular flexibility index (Phi) is 5.49. The number of carbonyl (C=O) groups is 1. The molecule has 0 saturated carbocycles. The number of aryl methyl sites for hydroxylation is 2. The van der Waals surface area contributed by atoms with Crippen LogP contribution in [0.15, 0.2) is 54.6 Å². The van der Waals surface area contributed by atoms with Crippen molar-refractivity contribution in [2.24, 2.45) is 0 Å². The summed E-state index contributed by atoms with van der Waals surface area (Å²) in [5, 5.41) is 6.73. The third kappa shape index (κ3) is 4.80. The Hall–Kier alpha value is -2.92. The van der Waals surface area contributed by atoms with Crippen LogP contribution in [0.25, 0.3) is 0 Å². The molecular formula is C20H19ClN4O. The van der Waals surface area contributed by atoms with E-state index in [4.69, 9.17) is 11.6 Å². The van der Waals surface area contributed by atoms with Crippen molar-refractivity contribution in [3.8, 4) is 0 Å². The molecule has 0 aliphatic heterocycles. The number of amides is 1. The summed E-state index contributed by atoms with van der Waals surface area (Å²) in [6.45, 7) is 4.19. The van der Waals surface area contributed by atoms with Gasteiger partial charge in [-0.3, -0.25) is 4.79 Å². The summed E-state index contributed by atoms with van der Waals surface area (Å²) in [7, 11) is 0. The first-order valence-corrected chi connectivity index (χ1v) is 8.59. The van der Waals surface area contributed by atoms with Crippen LogP contribution in [-0.4, -0.2) is 15.9 Å². The van der Waals surface area contributed by atoms with Gasteiger partial charge in [0.1, 0.15) is 17.3 Å². The topological polar surface area (TPSA) is 66.9 Å². The van der Waals surface area contributed by atoms with Gasteiger partial charge >= 0.3 is 0 Å². The number of rotatable bonds is 5. The molecule has 0 aliphatic rings. The fourth-order valence-electron chi connectivity index (χ4n) is 2.41. The zero-order chi connectivity index (χ0) is 18.5. The molecule has 0 fully saturated rings. The van der Waals surface area contributed by atoms with Crippen molar-refractivity contribution < 1.29 is 4.79 Å². The number of nitrogens with one attached hydrogen (secondary N) is 2. The van der Waals surface area contributed by atoms with Crippen LogP contribution in [0.2, 0.25) is 5.02 Å². The van der Waals surface area contributed by atoms with E-state index in [0.717, 1.165) is 11.3 Å². The van der Waals surface area contributed by atoms with Gasteiger partial charge in [-0.05, 0) is 43.7 Å². The molecular weight excluding hydrogens is 348 g/mol. The molecule has 3 aromatic rings. The van der Waals surface area contributed by atoms with Gasteiger partial charge in [0.05, 0.1) is 0 Å². The van der Waals surface area contributed by atoms with Crippen LogP contribution < -0.4 is 10.6 Å². The van der Waals surface area contributed by atoms with Crippen LogP contribution in [0.4, 0.5) is 11.5 Å². The number of carbonyl (C=O) groups excluding carboxylic acids is 1. The number of nitrogens with zero attached hydrogens (tertiary/aromatic N) is 2. The van der Waals surface area contributed by atoms with Crippen molar-refractivity contribution in [3.05, 3.63) is 82.3 Å². The van der Waals surface area contributed by atoms with Gasteiger partial charge in [-0.1, -0.05) is 41.4 Å². The van der Waals surface area contributed by atoms with E-state index in [0.29, 0.717) is 28.9 Å². The minimum Gasteiger partial charge on any atom is -0.347 e.